The number of fused-ring (bicyclic) bond motifs is 1. The Morgan fingerprint density at radius 2 is 1.85 bits per heavy atom. The monoisotopic (exact) mass is 531 g/mol. The number of nitrogens with zero attached hydrogens (tertiary/aromatic N) is 4. The minimum atomic E-state index is -0.236. The maximum absolute atomic E-state index is 12.8. The molecule has 3 heterocycles. The number of urea groups is 1. The van der Waals surface area contributed by atoms with Gasteiger partial charge in [-0.1, -0.05) is 35.5 Å². The van der Waals surface area contributed by atoms with Crippen molar-refractivity contribution >= 4 is 11.7 Å². The number of hydrogen-bond acceptors (Lipinski definition) is 7. The second kappa shape index (κ2) is 12.0. The number of hydrazone groups is 1. The van der Waals surface area contributed by atoms with E-state index in [-0.39, 0.29) is 12.1 Å². The predicted molar refractivity (Wildman–Crippen MR) is 150 cm³/mol. The van der Waals surface area contributed by atoms with Crippen molar-refractivity contribution in [3.05, 3.63) is 70.6 Å². The molecular formula is C30H37N5O4. The summed E-state index contributed by atoms with van der Waals surface area (Å²) in [5, 5.41) is 13.3. The number of carbonyl (C=O) groups is 1. The van der Waals surface area contributed by atoms with E-state index in [2.05, 4.69) is 39.6 Å². The summed E-state index contributed by atoms with van der Waals surface area (Å²) < 4.78 is 17.0. The Labute approximate surface area is 229 Å². The van der Waals surface area contributed by atoms with Crippen LogP contribution in [0.5, 0.6) is 5.75 Å². The zero-order valence-electron chi connectivity index (χ0n) is 23.2. The first-order valence-electron chi connectivity index (χ1n) is 13.6. The van der Waals surface area contributed by atoms with Crippen LogP contribution in [0.15, 0.2) is 52.1 Å². The number of carbonyl (C=O) groups excluding carboxylic acids is 1. The molecule has 5 rings (SSSR count). The SMILES string of the molecule is CNC(=O)N1N=C(c2ccc(-c3c(C)noc3C)cc2)c2cc(OCCCN3CCOCC3)ccc2CC1C. The quantitative estimate of drug-likeness (QED) is 0.455. The molecular weight excluding hydrogens is 494 g/mol. The summed E-state index contributed by atoms with van der Waals surface area (Å²) in [5.41, 5.74) is 6.64. The lowest BCUT2D eigenvalue weighted by Gasteiger charge is -2.26. The van der Waals surface area contributed by atoms with Crippen molar-refractivity contribution in [1.29, 1.82) is 0 Å². The van der Waals surface area contributed by atoms with Gasteiger partial charge in [-0.05, 0) is 56.9 Å². The molecule has 2 aliphatic rings. The standard InChI is InChI=1S/C30H37N5O4/c1-20-18-25-10-11-26(38-15-5-12-34-13-16-37-17-14-34)19-27(25)29(32-35(20)30(36)31-4)24-8-6-23(7-9-24)28-21(2)33-39-22(28)3/h6-11,19-20H,5,12-18H2,1-4H3,(H,31,36). The zero-order chi connectivity index (χ0) is 27.4. The van der Waals surface area contributed by atoms with E-state index in [4.69, 9.17) is 19.1 Å². The van der Waals surface area contributed by atoms with Gasteiger partial charge >= 0.3 is 6.03 Å². The van der Waals surface area contributed by atoms with E-state index >= 15 is 0 Å². The van der Waals surface area contributed by atoms with Gasteiger partial charge in [0.25, 0.3) is 0 Å². The number of benzene rings is 2. The van der Waals surface area contributed by atoms with Crippen molar-refractivity contribution in [3.63, 3.8) is 0 Å². The van der Waals surface area contributed by atoms with E-state index < -0.39 is 0 Å². The van der Waals surface area contributed by atoms with E-state index in [9.17, 15) is 4.79 Å². The normalized spacial score (nSPS) is 17.8. The summed E-state index contributed by atoms with van der Waals surface area (Å²) in [6.45, 7) is 11.1. The molecule has 9 heteroatoms. The average Bonchev–Trinajstić information content (AvgIpc) is 3.22. The van der Waals surface area contributed by atoms with Crippen molar-refractivity contribution in [1.82, 2.24) is 20.4 Å². The molecule has 2 amide bonds. The first kappa shape index (κ1) is 26.9. The highest BCUT2D eigenvalue weighted by molar-refractivity contribution is 6.14. The minimum absolute atomic E-state index is 0.108. The number of aryl methyl sites for hydroxylation is 2. The molecule has 1 aromatic heterocycles. The van der Waals surface area contributed by atoms with Gasteiger partial charge in [0.1, 0.15) is 11.5 Å². The summed E-state index contributed by atoms with van der Waals surface area (Å²) in [5.74, 6) is 1.59. The molecule has 9 nitrogen and oxygen atoms in total. The number of nitrogens with one attached hydrogen (secondary N) is 1. The lowest BCUT2D eigenvalue weighted by molar-refractivity contribution is 0.0358. The lowest BCUT2D eigenvalue weighted by Crippen LogP contribution is -2.41. The van der Waals surface area contributed by atoms with Crippen molar-refractivity contribution < 1.29 is 18.8 Å². The van der Waals surface area contributed by atoms with E-state index in [1.165, 1.54) is 0 Å². The van der Waals surface area contributed by atoms with E-state index in [0.717, 1.165) is 90.0 Å². The zero-order valence-corrected chi connectivity index (χ0v) is 23.2. The van der Waals surface area contributed by atoms with Crippen LogP contribution in [0, 0.1) is 13.8 Å². The highest BCUT2D eigenvalue weighted by Gasteiger charge is 2.27. The third kappa shape index (κ3) is 5.99. The van der Waals surface area contributed by atoms with E-state index in [1.807, 2.05) is 39.0 Å². The smallest absolute Gasteiger partial charge is 0.337 e. The maximum Gasteiger partial charge on any atom is 0.337 e. The predicted octanol–water partition coefficient (Wildman–Crippen LogP) is 4.40. The molecule has 1 atom stereocenters. The van der Waals surface area contributed by atoms with Gasteiger partial charge in [0.2, 0.25) is 0 Å². The number of aromatic nitrogens is 1. The van der Waals surface area contributed by atoms with Crippen LogP contribution < -0.4 is 10.1 Å². The molecule has 2 aromatic carbocycles. The Kier molecular flexibility index (Phi) is 8.28. The summed E-state index contributed by atoms with van der Waals surface area (Å²) in [6, 6.07) is 14.0. The Morgan fingerprint density at radius 1 is 1.10 bits per heavy atom. The number of rotatable bonds is 7. The summed E-state index contributed by atoms with van der Waals surface area (Å²) in [4.78, 5) is 15.2. The maximum atomic E-state index is 12.8. The molecule has 0 bridgehead atoms. The minimum Gasteiger partial charge on any atom is -0.494 e. The second-order valence-electron chi connectivity index (χ2n) is 10.2. The molecule has 0 spiro atoms. The fourth-order valence-corrected chi connectivity index (χ4v) is 5.27. The summed E-state index contributed by atoms with van der Waals surface area (Å²) in [6.07, 6.45) is 1.63. The Balaban J connectivity index is 1.42. The number of ether oxygens (including phenoxy) is 2. The van der Waals surface area contributed by atoms with Crippen LogP contribution in [0.3, 0.4) is 0 Å². The van der Waals surface area contributed by atoms with E-state index in [0.29, 0.717) is 13.0 Å². The van der Waals surface area contributed by atoms with Crippen LogP contribution in [0.2, 0.25) is 0 Å². The van der Waals surface area contributed by atoms with Gasteiger partial charge in [-0.3, -0.25) is 4.90 Å². The van der Waals surface area contributed by atoms with Crippen molar-refractivity contribution in [3.8, 4) is 16.9 Å². The molecule has 1 N–H and O–H groups in total. The molecule has 0 aliphatic carbocycles. The molecule has 1 unspecified atom stereocenters. The Bertz CT molecular complexity index is 1310. The van der Waals surface area contributed by atoms with Crippen molar-refractivity contribution in [2.24, 2.45) is 5.10 Å². The molecule has 39 heavy (non-hydrogen) atoms. The highest BCUT2D eigenvalue weighted by atomic mass is 16.5. The van der Waals surface area contributed by atoms with Gasteiger partial charge in [-0.15, -0.1) is 0 Å². The average molecular weight is 532 g/mol. The largest absolute Gasteiger partial charge is 0.494 e. The number of hydrogen-bond donors (Lipinski definition) is 1. The molecule has 1 saturated heterocycles. The second-order valence-corrected chi connectivity index (χ2v) is 10.2. The molecule has 0 radical (unpaired) electrons. The number of morpholine rings is 1. The van der Waals surface area contributed by atoms with Gasteiger partial charge < -0.3 is 19.3 Å². The highest BCUT2D eigenvalue weighted by Crippen LogP contribution is 2.30. The fraction of sp³-hybridized carbons (Fsp3) is 0.433. The number of amides is 2. The van der Waals surface area contributed by atoms with Crippen molar-refractivity contribution in [2.45, 2.75) is 39.7 Å². The molecule has 1 fully saturated rings. The first-order chi connectivity index (χ1) is 18.9. The van der Waals surface area contributed by atoms with Crippen LogP contribution in [0.4, 0.5) is 4.79 Å². The van der Waals surface area contributed by atoms with Crippen LogP contribution >= 0.6 is 0 Å². The van der Waals surface area contributed by atoms with Crippen LogP contribution in [0.25, 0.3) is 11.1 Å². The summed E-state index contributed by atoms with van der Waals surface area (Å²) in [7, 11) is 1.63. The van der Waals surface area contributed by atoms with Gasteiger partial charge in [0.05, 0.1) is 37.3 Å². The summed E-state index contributed by atoms with van der Waals surface area (Å²) >= 11 is 0. The molecule has 2 aliphatic heterocycles. The Morgan fingerprint density at radius 3 is 2.54 bits per heavy atom. The fourth-order valence-electron chi connectivity index (χ4n) is 5.27. The van der Waals surface area contributed by atoms with Gasteiger partial charge in [-0.25, -0.2) is 9.80 Å². The van der Waals surface area contributed by atoms with Gasteiger partial charge in [0.15, 0.2) is 0 Å². The molecule has 206 valence electrons. The van der Waals surface area contributed by atoms with Gasteiger partial charge in [-0.2, -0.15) is 5.10 Å². The van der Waals surface area contributed by atoms with E-state index in [1.54, 1.807) is 12.1 Å². The van der Waals surface area contributed by atoms with Crippen LogP contribution in [-0.2, 0) is 11.2 Å². The van der Waals surface area contributed by atoms with Gasteiger partial charge in [0, 0.05) is 43.4 Å². The lowest BCUT2D eigenvalue weighted by atomic mass is 9.93. The topological polar surface area (TPSA) is 92.4 Å². The Hall–Kier alpha value is -3.69. The van der Waals surface area contributed by atoms with Crippen LogP contribution in [0.1, 0.15) is 41.5 Å². The molecule has 3 aromatic rings. The first-order valence-corrected chi connectivity index (χ1v) is 13.6. The third-order valence-corrected chi connectivity index (χ3v) is 7.37. The third-order valence-electron chi connectivity index (χ3n) is 7.37. The molecule has 0 saturated carbocycles. The van der Waals surface area contributed by atoms with Crippen LogP contribution in [-0.4, -0.2) is 79.4 Å². The van der Waals surface area contributed by atoms with Crippen molar-refractivity contribution in [2.75, 3.05) is 46.5 Å².